The molecular formula is C22H28Cl2N4O6S. The Kier molecular flexibility index (Phi) is 9.16. The predicted molar refractivity (Wildman–Crippen MR) is 133 cm³/mol. The molecule has 1 aliphatic rings. The molecule has 0 bridgehead atoms. The van der Waals surface area contributed by atoms with Crippen molar-refractivity contribution < 1.29 is 29.0 Å². The van der Waals surface area contributed by atoms with E-state index in [-0.39, 0.29) is 58.2 Å². The average molecular weight is 547 g/mol. The van der Waals surface area contributed by atoms with Crippen LogP contribution in [0.2, 0.25) is 10.0 Å². The number of piperidine rings is 1. The molecule has 0 radical (unpaired) electrons. The highest BCUT2D eigenvalue weighted by molar-refractivity contribution is 7.17. The minimum Gasteiger partial charge on any atom is -0.477 e. The monoisotopic (exact) mass is 546 g/mol. The molecule has 1 aliphatic heterocycles. The number of methoxy groups -OCH3 is 2. The van der Waals surface area contributed by atoms with E-state index in [1.165, 1.54) is 7.11 Å². The number of carboxylic acid groups (broad SMARTS) is 1. The van der Waals surface area contributed by atoms with E-state index < -0.39 is 11.9 Å². The summed E-state index contributed by atoms with van der Waals surface area (Å²) in [6.45, 7) is 4.68. The van der Waals surface area contributed by atoms with Crippen LogP contribution in [0.1, 0.15) is 56.1 Å². The maximum Gasteiger partial charge on any atom is 0.348 e. The molecule has 2 aromatic rings. The van der Waals surface area contributed by atoms with Gasteiger partial charge in [0.05, 0.1) is 22.8 Å². The first-order chi connectivity index (χ1) is 16.6. The molecule has 1 amide bonds. The minimum absolute atomic E-state index is 0.0845. The molecule has 192 valence electrons. The van der Waals surface area contributed by atoms with Gasteiger partial charge in [-0.3, -0.25) is 9.59 Å². The molecule has 0 spiro atoms. The van der Waals surface area contributed by atoms with Crippen molar-refractivity contribution in [2.45, 2.75) is 38.8 Å². The lowest BCUT2D eigenvalue weighted by Gasteiger charge is -2.37. The van der Waals surface area contributed by atoms with Gasteiger partial charge in [-0.1, -0.05) is 34.5 Å². The fraction of sp³-hybridized carbons (Fsp3) is 0.545. The van der Waals surface area contributed by atoms with Crippen molar-refractivity contribution in [3.63, 3.8) is 0 Å². The molecule has 2 aromatic heterocycles. The Morgan fingerprint density at radius 2 is 2.03 bits per heavy atom. The number of amides is 1. The molecule has 0 unspecified atom stereocenters. The molecule has 3 rings (SSSR count). The van der Waals surface area contributed by atoms with E-state index in [0.29, 0.717) is 35.4 Å². The number of aromatic carboxylic acids is 1. The van der Waals surface area contributed by atoms with Crippen LogP contribution in [-0.2, 0) is 9.47 Å². The van der Waals surface area contributed by atoms with Gasteiger partial charge in [0, 0.05) is 45.5 Å². The number of carbonyl (C=O) groups excluding carboxylic acids is 2. The number of rotatable bonds is 10. The number of aryl methyl sites for hydroxylation is 1. The summed E-state index contributed by atoms with van der Waals surface area (Å²) in [5.74, 6) is -2.04. The summed E-state index contributed by atoms with van der Waals surface area (Å²) in [6.07, 6.45) is 0.504. The highest BCUT2D eigenvalue weighted by atomic mass is 35.5. The maximum absolute atomic E-state index is 12.9. The summed E-state index contributed by atoms with van der Waals surface area (Å²) < 4.78 is 10.7. The number of nitrogens with zero attached hydrogens (tertiary/aromatic N) is 2. The molecule has 1 fully saturated rings. The second kappa shape index (κ2) is 11.7. The van der Waals surface area contributed by atoms with Crippen molar-refractivity contribution >= 4 is 57.3 Å². The van der Waals surface area contributed by atoms with Gasteiger partial charge in [0.2, 0.25) is 0 Å². The Labute approximate surface area is 216 Å². The predicted octanol–water partition coefficient (Wildman–Crippen LogP) is 3.66. The summed E-state index contributed by atoms with van der Waals surface area (Å²) in [6, 6.07) is -0.308. The normalized spacial score (nSPS) is 19.0. The van der Waals surface area contributed by atoms with Gasteiger partial charge in [0.25, 0.3) is 5.91 Å². The third-order valence-corrected chi connectivity index (χ3v) is 7.92. The number of aromatic amines is 1. The van der Waals surface area contributed by atoms with Gasteiger partial charge >= 0.3 is 5.97 Å². The van der Waals surface area contributed by atoms with E-state index in [9.17, 15) is 19.5 Å². The number of hydrogen-bond acceptors (Lipinski definition) is 8. The van der Waals surface area contributed by atoms with Crippen LogP contribution in [0.4, 0.5) is 5.13 Å². The quantitative estimate of drug-likeness (QED) is 0.384. The minimum atomic E-state index is -1.22. The summed E-state index contributed by atoms with van der Waals surface area (Å²) >= 11 is 13.2. The number of carbonyl (C=O) groups is 3. The van der Waals surface area contributed by atoms with Crippen LogP contribution >= 0.6 is 34.5 Å². The van der Waals surface area contributed by atoms with E-state index in [1.54, 1.807) is 21.0 Å². The first-order valence-corrected chi connectivity index (χ1v) is 12.5. The zero-order chi connectivity index (χ0) is 25.9. The Hall–Kier alpha value is -2.18. The van der Waals surface area contributed by atoms with Crippen LogP contribution in [0.15, 0.2) is 0 Å². The number of halogens is 2. The van der Waals surface area contributed by atoms with Crippen molar-refractivity contribution in [3.05, 3.63) is 32.0 Å². The Morgan fingerprint density at radius 3 is 2.60 bits per heavy atom. The number of ketones is 1. The fourth-order valence-corrected chi connectivity index (χ4v) is 5.44. The van der Waals surface area contributed by atoms with Gasteiger partial charge in [0.1, 0.15) is 10.6 Å². The third kappa shape index (κ3) is 6.15. The van der Waals surface area contributed by atoms with Crippen LogP contribution in [0, 0.1) is 12.8 Å². The lowest BCUT2D eigenvalue weighted by atomic mass is 9.88. The molecule has 13 heteroatoms. The lowest BCUT2D eigenvalue weighted by Crippen LogP contribution is -2.45. The van der Waals surface area contributed by atoms with Crippen LogP contribution < -0.4 is 10.2 Å². The molecular weight excluding hydrogens is 519 g/mol. The zero-order valence-electron chi connectivity index (χ0n) is 19.8. The van der Waals surface area contributed by atoms with Crippen molar-refractivity contribution in [2.75, 3.05) is 38.8 Å². The van der Waals surface area contributed by atoms with Crippen molar-refractivity contribution in [1.29, 1.82) is 0 Å². The third-order valence-electron chi connectivity index (χ3n) is 5.87. The van der Waals surface area contributed by atoms with Gasteiger partial charge in [-0.15, -0.1) is 0 Å². The maximum atomic E-state index is 12.9. The summed E-state index contributed by atoms with van der Waals surface area (Å²) in [5.41, 5.74) is 0.781. The van der Waals surface area contributed by atoms with E-state index in [1.807, 2.05) is 4.90 Å². The van der Waals surface area contributed by atoms with E-state index in [0.717, 1.165) is 11.3 Å². The fourth-order valence-electron chi connectivity index (χ4n) is 4.07. The summed E-state index contributed by atoms with van der Waals surface area (Å²) in [7, 11) is 3.08. The number of Topliss-reactive ketones (excluding diaryl/α,β-unsaturated/α-hetero) is 1. The number of carboxylic acids is 1. The Bertz CT molecular complexity index is 1100. The summed E-state index contributed by atoms with van der Waals surface area (Å²) in [5, 5.41) is 13.3. The number of anilines is 1. The van der Waals surface area contributed by atoms with Gasteiger partial charge in [-0.25, -0.2) is 9.78 Å². The number of hydrogen-bond donors (Lipinski definition) is 3. The van der Waals surface area contributed by atoms with Gasteiger partial charge < -0.3 is 29.8 Å². The Balaban J connectivity index is 1.73. The summed E-state index contributed by atoms with van der Waals surface area (Å²) in [4.78, 5) is 46.3. The molecule has 3 N–H and O–H groups in total. The highest BCUT2D eigenvalue weighted by Crippen LogP contribution is 2.34. The molecule has 35 heavy (non-hydrogen) atoms. The smallest absolute Gasteiger partial charge is 0.348 e. The van der Waals surface area contributed by atoms with Gasteiger partial charge in [0.15, 0.2) is 16.6 Å². The number of nitrogens with one attached hydrogen (secondary N) is 2. The van der Waals surface area contributed by atoms with Crippen molar-refractivity contribution in [3.8, 4) is 0 Å². The van der Waals surface area contributed by atoms with Crippen molar-refractivity contribution in [2.24, 2.45) is 5.92 Å². The van der Waals surface area contributed by atoms with E-state index >= 15 is 0 Å². The molecule has 1 saturated heterocycles. The first-order valence-electron chi connectivity index (χ1n) is 11.0. The van der Waals surface area contributed by atoms with Gasteiger partial charge in [-0.05, 0) is 26.2 Å². The highest BCUT2D eigenvalue weighted by Gasteiger charge is 2.35. The van der Waals surface area contributed by atoms with Crippen molar-refractivity contribution in [1.82, 2.24) is 15.3 Å². The van der Waals surface area contributed by atoms with Gasteiger partial charge in [-0.2, -0.15) is 0 Å². The molecule has 0 aliphatic carbocycles. The van der Waals surface area contributed by atoms with Crippen LogP contribution in [0.5, 0.6) is 0 Å². The average Bonchev–Trinajstić information content (AvgIpc) is 3.37. The molecule has 0 aromatic carbocycles. The van der Waals surface area contributed by atoms with Crippen LogP contribution in [0.3, 0.4) is 0 Å². The number of H-pyrrole nitrogens is 1. The second-order valence-corrected chi connectivity index (χ2v) is 10.2. The van der Waals surface area contributed by atoms with E-state index in [4.69, 9.17) is 32.7 Å². The zero-order valence-corrected chi connectivity index (χ0v) is 22.1. The Morgan fingerprint density at radius 1 is 1.31 bits per heavy atom. The standard InChI is InChI=1S/C22H28Cl2N4O6S/c1-10(9-33-3)25-20(30)18-19(21(31)32)35-22(27-18)28-6-5-12(14(8-28)34-4)7-13(29)17-16(24)15(23)11(2)26-17/h10,12,14,26H,5-9H2,1-4H3,(H,25,30)(H,31,32)/t10-,12+,14+/m1/s1. The number of thiazole rings is 1. The number of ether oxygens (including phenoxy) is 2. The van der Waals surface area contributed by atoms with E-state index in [2.05, 4.69) is 15.3 Å². The lowest BCUT2D eigenvalue weighted by molar-refractivity contribution is 0.0375. The second-order valence-electron chi connectivity index (χ2n) is 8.46. The van der Waals surface area contributed by atoms with Crippen LogP contribution in [0.25, 0.3) is 0 Å². The topological polar surface area (TPSA) is 134 Å². The first kappa shape index (κ1) is 27.4. The SMILES string of the molecule is COC[C@@H](C)NC(=O)c1nc(N2CC[C@@H](CC(=O)c3[nH]c(C)c(Cl)c3Cl)[C@@H](OC)C2)sc1C(=O)O. The largest absolute Gasteiger partial charge is 0.477 e. The molecule has 10 nitrogen and oxygen atoms in total. The number of aromatic nitrogens is 2. The molecule has 3 atom stereocenters. The molecule has 3 heterocycles. The molecule has 0 saturated carbocycles. The van der Waals surface area contributed by atoms with Crippen LogP contribution in [-0.4, -0.2) is 78.8 Å².